The van der Waals surface area contributed by atoms with E-state index in [2.05, 4.69) is 10.00 Å². The third-order valence-corrected chi connectivity index (χ3v) is 6.54. The molecule has 4 nitrogen and oxygen atoms in total. The third-order valence-electron chi connectivity index (χ3n) is 6.54. The van der Waals surface area contributed by atoms with E-state index in [0.29, 0.717) is 29.8 Å². The van der Waals surface area contributed by atoms with Gasteiger partial charge in [0.2, 0.25) is 0 Å². The smallest absolute Gasteiger partial charge is 0.371 e. The average molecular weight is 439 g/mol. The Morgan fingerprint density at radius 1 is 0.938 bits per heavy atom. The topological polar surface area (TPSA) is 38.1 Å². The van der Waals surface area contributed by atoms with Crippen molar-refractivity contribution < 1.29 is 13.2 Å². The first-order chi connectivity index (χ1) is 15.3. The van der Waals surface area contributed by atoms with Gasteiger partial charge in [0.25, 0.3) is 5.56 Å². The Hall–Kier alpha value is -3.09. The van der Waals surface area contributed by atoms with Gasteiger partial charge in [0.05, 0.1) is 16.9 Å². The van der Waals surface area contributed by atoms with Gasteiger partial charge in [-0.1, -0.05) is 24.3 Å². The summed E-state index contributed by atoms with van der Waals surface area (Å²) in [5.74, 6) is 0. The number of rotatable bonds is 3. The van der Waals surface area contributed by atoms with Crippen LogP contribution in [0.15, 0.2) is 47.3 Å². The summed E-state index contributed by atoms with van der Waals surface area (Å²) < 4.78 is 42.9. The third kappa shape index (κ3) is 3.49. The van der Waals surface area contributed by atoms with Crippen LogP contribution in [-0.2, 0) is 19.0 Å². The quantitative estimate of drug-likeness (QED) is 0.555. The van der Waals surface area contributed by atoms with Gasteiger partial charge in [-0.05, 0) is 68.4 Å². The minimum atomic E-state index is -4.60. The van der Waals surface area contributed by atoms with Crippen LogP contribution in [-0.4, -0.2) is 22.9 Å². The molecule has 1 aliphatic heterocycles. The highest BCUT2D eigenvalue weighted by Crippen LogP contribution is 2.37. The Bertz CT molecular complexity index is 1240. The Balaban J connectivity index is 1.78. The zero-order valence-electron chi connectivity index (χ0n) is 17.9. The van der Waals surface area contributed by atoms with E-state index in [0.717, 1.165) is 59.8 Å². The molecule has 0 saturated carbocycles. The highest BCUT2D eigenvalue weighted by molar-refractivity contribution is 5.69. The van der Waals surface area contributed by atoms with Crippen LogP contribution in [0.25, 0.3) is 16.9 Å². The molecular weight excluding hydrogens is 415 g/mol. The van der Waals surface area contributed by atoms with E-state index in [1.54, 1.807) is 0 Å². The minimum absolute atomic E-state index is 0.198. The van der Waals surface area contributed by atoms with Gasteiger partial charge in [0.1, 0.15) is 0 Å². The second-order valence-electron chi connectivity index (χ2n) is 8.58. The molecule has 2 heterocycles. The fourth-order valence-corrected chi connectivity index (χ4v) is 4.90. The summed E-state index contributed by atoms with van der Waals surface area (Å²) in [6.45, 7) is 3.54. The Labute approximate surface area is 184 Å². The summed E-state index contributed by atoms with van der Waals surface area (Å²) in [4.78, 5) is 15.4. The van der Waals surface area contributed by atoms with Gasteiger partial charge in [-0.25, -0.2) is 0 Å². The summed E-state index contributed by atoms with van der Waals surface area (Å²) >= 11 is 0. The maximum absolute atomic E-state index is 14.0. The standard InChI is InChI=1S/C25H24F3N3O/c1-16-7-2-3-8-18(16)23-19-9-6-10-20(19)24(32)31(29-23)22-15-17(30-13-4-5-14-30)11-12-21(22)25(26,27)28/h2-3,7-8,11-12,15H,4-6,9-10,13-14H2,1H3. The highest BCUT2D eigenvalue weighted by Gasteiger charge is 2.36. The molecule has 0 bridgehead atoms. The lowest BCUT2D eigenvalue weighted by molar-refractivity contribution is -0.137. The van der Waals surface area contributed by atoms with E-state index in [1.807, 2.05) is 31.2 Å². The maximum atomic E-state index is 14.0. The van der Waals surface area contributed by atoms with Gasteiger partial charge in [-0.15, -0.1) is 0 Å². The number of halogens is 3. The van der Waals surface area contributed by atoms with Crippen molar-refractivity contribution in [3.63, 3.8) is 0 Å². The van der Waals surface area contributed by atoms with E-state index in [9.17, 15) is 18.0 Å². The Morgan fingerprint density at radius 2 is 1.66 bits per heavy atom. The van der Waals surface area contributed by atoms with Crippen molar-refractivity contribution in [3.8, 4) is 16.9 Å². The average Bonchev–Trinajstić information content (AvgIpc) is 3.46. The molecule has 1 saturated heterocycles. The molecule has 1 aliphatic carbocycles. The lowest BCUT2D eigenvalue weighted by Gasteiger charge is -2.22. The van der Waals surface area contributed by atoms with Crippen molar-refractivity contribution >= 4 is 5.69 Å². The predicted octanol–water partition coefficient (Wildman–Crippen LogP) is 5.32. The van der Waals surface area contributed by atoms with E-state index in [1.165, 1.54) is 12.1 Å². The van der Waals surface area contributed by atoms with Crippen molar-refractivity contribution in [3.05, 3.63) is 75.1 Å². The zero-order valence-corrected chi connectivity index (χ0v) is 17.9. The van der Waals surface area contributed by atoms with Crippen molar-refractivity contribution in [1.82, 2.24) is 9.78 Å². The Kier molecular flexibility index (Phi) is 5.07. The predicted molar refractivity (Wildman–Crippen MR) is 118 cm³/mol. The van der Waals surface area contributed by atoms with Crippen LogP contribution in [0.4, 0.5) is 18.9 Å². The van der Waals surface area contributed by atoms with Crippen LogP contribution in [0.2, 0.25) is 0 Å². The van der Waals surface area contributed by atoms with Crippen LogP contribution in [0.5, 0.6) is 0 Å². The van der Waals surface area contributed by atoms with Crippen molar-refractivity contribution in [2.24, 2.45) is 0 Å². The number of fused-ring (bicyclic) bond motifs is 1. The maximum Gasteiger partial charge on any atom is 0.418 e. The molecule has 1 fully saturated rings. The number of anilines is 1. The van der Waals surface area contributed by atoms with E-state index < -0.39 is 17.3 Å². The molecule has 3 aromatic rings. The highest BCUT2D eigenvalue weighted by atomic mass is 19.4. The molecule has 0 N–H and O–H groups in total. The molecule has 32 heavy (non-hydrogen) atoms. The van der Waals surface area contributed by atoms with Crippen molar-refractivity contribution in [1.29, 1.82) is 0 Å². The molecule has 0 amide bonds. The number of hydrogen-bond donors (Lipinski definition) is 0. The molecule has 5 rings (SSSR count). The summed E-state index contributed by atoms with van der Waals surface area (Å²) in [5, 5.41) is 4.57. The van der Waals surface area contributed by atoms with Gasteiger partial charge in [-0.2, -0.15) is 23.0 Å². The zero-order chi connectivity index (χ0) is 22.5. The number of aryl methyl sites for hydroxylation is 1. The summed E-state index contributed by atoms with van der Waals surface area (Å²) in [6.07, 6.45) is -0.517. The van der Waals surface area contributed by atoms with Crippen LogP contribution < -0.4 is 10.5 Å². The number of hydrogen-bond acceptors (Lipinski definition) is 3. The molecule has 7 heteroatoms. The molecule has 2 aliphatic rings. The van der Waals surface area contributed by atoms with E-state index >= 15 is 0 Å². The number of alkyl halides is 3. The molecule has 166 valence electrons. The first kappa shape index (κ1) is 20.8. The van der Waals surface area contributed by atoms with Crippen LogP contribution >= 0.6 is 0 Å². The lowest BCUT2D eigenvalue weighted by atomic mass is 10.00. The summed E-state index contributed by atoms with van der Waals surface area (Å²) in [6, 6.07) is 11.7. The summed E-state index contributed by atoms with van der Waals surface area (Å²) in [7, 11) is 0. The molecule has 2 aromatic carbocycles. The number of aromatic nitrogens is 2. The fraction of sp³-hybridized carbons (Fsp3) is 0.360. The van der Waals surface area contributed by atoms with Crippen LogP contribution in [0.3, 0.4) is 0 Å². The first-order valence-corrected chi connectivity index (χ1v) is 11.0. The molecular formula is C25H24F3N3O. The number of benzene rings is 2. The minimum Gasteiger partial charge on any atom is -0.371 e. The van der Waals surface area contributed by atoms with Crippen LogP contribution in [0.1, 0.15) is 41.5 Å². The molecule has 0 unspecified atom stereocenters. The lowest BCUT2D eigenvalue weighted by Crippen LogP contribution is -2.28. The first-order valence-electron chi connectivity index (χ1n) is 11.0. The van der Waals surface area contributed by atoms with Gasteiger partial charge in [-0.3, -0.25) is 4.79 Å². The van der Waals surface area contributed by atoms with Gasteiger partial charge >= 0.3 is 6.18 Å². The van der Waals surface area contributed by atoms with E-state index in [-0.39, 0.29) is 5.69 Å². The second-order valence-corrected chi connectivity index (χ2v) is 8.58. The molecule has 0 radical (unpaired) electrons. The normalized spacial score (nSPS) is 15.9. The second kappa shape index (κ2) is 7.80. The SMILES string of the molecule is Cc1ccccc1-c1nn(-c2cc(N3CCCC3)ccc2C(F)(F)F)c(=O)c2c1CCC2. The molecule has 0 atom stereocenters. The van der Waals surface area contributed by atoms with Gasteiger partial charge in [0.15, 0.2) is 0 Å². The van der Waals surface area contributed by atoms with Crippen LogP contribution in [0, 0.1) is 6.92 Å². The molecule has 1 aromatic heterocycles. The monoisotopic (exact) mass is 439 g/mol. The van der Waals surface area contributed by atoms with Crippen molar-refractivity contribution in [2.45, 2.75) is 45.2 Å². The van der Waals surface area contributed by atoms with Crippen molar-refractivity contribution in [2.75, 3.05) is 18.0 Å². The Morgan fingerprint density at radius 3 is 2.38 bits per heavy atom. The van der Waals surface area contributed by atoms with Gasteiger partial charge in [0, 0.05) is 29.9 Å². The largest absolute Gasteiger partial charge is 0.418 e. The fourth-order valence-electron chi connectivity index (χ4n) is 4.90. The summed E-state index contributed by atoms with van der Waals surface area (Å²) in [5.41, 5.74) is 3.08. The number of nitrogens with zero attached hydrogens (tertiary/aromatic N) is 3. The van der Waals surface area contributed by atoms with E-state index in [4.69, 9.17) is 0 Å². The van der Waals surface area contributed by atoms with Gasteiger partial charge < -0.3 is 4.90 Å². The molecule has 0 spiro atoms.